The zero-order valence-electron chi connectivity index (χ0n) is 9.75. The molecule has 2 rings (SSSR count). The topological polar surface area (TPSA) is 48.8 Å². The lowest BCUT2D eigenvalue weighted by molar-refractivity contribution is 1.36. The Hall–Kier alpha value is -1.32. The summed E-state index contributed by atoms with van der Waals surface area (Å²) >= 11 is 13.6. The lowest BCUT2D eigenvalue weighted by Crippen LogP contribution is -1.82. The van der Waals surface area contributed by atoms with Crippen molar-refractivity contribution in [1.82, 2.24) is 0 Å². The third-order valence-corrected chi connectivity index (χ3v) is 4.05. The standard InChI is InChI=1S/C13H9Cl2N3S/c14-10-2-1-9(13(15)7-10)8-19-12-5-3-11(4-6-12)17-18-16/h1-7H,8H2. The molecule has 0 aliphatic heterocycles. The van der Waals surface area contributed by atoms with Gasteiger partial charge in [0.2, 0.25) is 0 Å². The average Bonchev–Trinajstić information content (AvgIpc) is 2.40. The third kappa shape index (κ3) is 4.08. The summed E-state index contributed by atoms with van der Waals surface area (Å²) in [5.74, 6) is 0.761. The van der Waals surface area contributed by atoms with Crippen molar-refractivity contribution >= 4 is 40.7 Å². The van der Waals surface area contributed by atoms with Gasteiger partial charge in [-0.1, -0.05) is 46.5 Å². The molecule has 0 saturated carbocycles. The number of hydrogen-bond acceptors (Lipinski definition) is 2. The summed E-state index contributed by atoms with van der Waals surface area (Å²) < 4.78 is 0. The van der Waals surface area contributed by atoms with Gasteiger partial charge in [0.05, 0.1) is 0 Å². The van der Waals surface area contributed by atoms with Crippen molar-refractivity contribution in [2.24, 2.45) is 5.11 Å². The van der Waals surface area contributed by atoms with Crippen LogP contribution in [-0.2, 0) is 5.75 Å². The largest absolute Gasteiger partial charge is 0.121 e. The molecule has 3 nitrogen and oxygen atoms in total. The van der Waals surface area contributed by atoms with E-state index in [0.29, 0.717) is 15.7 Å². The Kier molecular flexibility index (Phi) is 5.00. The van der Waals surface area contributed by atoms with E-state index in [0.717, 1.165) is 16.2 Å². The molecule has 2 aromatic rings. The first-order valence-electron chi connectivity index (χ1n) is 5.41. The molecule has 6 heteroatoms. The Labute approximate surface area is 125 Å². The fourth-order valence-electron chi connectivity index (χ4n) is 1.46. The van der Waals surface area contributed by atoms with Crippen molar-refractivity contribution in [3.05, 3.63) is 68.5 Å². The lowest BCUT2D eigenvalue weighted by Gasteiger charge is -2.05. The maximum Gasteiger partial charge on any atom is 0.0461 e. The first kappa shape index (κ1) is 14.1. The second-order valence-electron chi connectivity index (χ2n) is 3.71. The molecule has 0 unspecified atom stereocenters. The first-order valence-corrected chi connectivity index (χ1v) is 7.15. The molecule has 0 aromatic heterocycles. The Morgan fingerprint density at radius 2 is 1.84 bits per heavy atom. The van der Waals surface area contributed by atoms with Gasteiger partial charge in [-0.3, -0.25) is 0 Å². The Bertz CT molecular complexity index is 622. The van der Waals surface area contributed by atoms with Gasteiger partial charge in [0, 0.05) is 31.3 Å². The van der Waals surface area contributed by atoms with Gasteiger partial charge >= 0.3 is 0 Å². The number of azide groups is 1. The van der Waals surface area contributed by atoms with Gasteiger partial charge in [-0.05, 0) is 35.4 Å². The number of halogens is 2. The fourth-order valence-corrected chi connectivity index (χ4v) is 2.92. The summed E-state index contributed by atoms with van der Waals surface area (Å²) in [5, 5.41) is 4.83. The van der Waals surface area contributed by atoms with E-state index in [-0.39, 0.29) is 0 Å². The van der Waals surface area contributed by atoms with Crippen molar-refractivity contribution in [2.75, 3.05) is 0 Å². The summed E-state index contributed by atoms with van der Waals surface area (Å²) in [6.07, 6.45) is 0. The predicted molar refractivity (Wildman–Crippen MR) is 81.3 cm³/mol. The van der Waals surface area contributed by atoms with Crippen LogP contribution in [0.4, 0.5) is 5.69 Å². The quantitative estimate of drug-likeness (QED) is 0.286. The molecule has 96 valence electrons. The SMILES string of the molecule is [N-]=[N+]=Nc1ccc(SCc2ccc(Cl)cc2Cl)cc1. The number of hydrogen-bond donors (Lipinski definition) is 0. The lowest BCUT2D eigenvalue weighted by atomic mass is 10.2. The second kappa shape index (κ2) is 6.73. The molecular formula is C13H9Cl2N3S. The number of benzene rings is 2. The van der Waals surface area contributed by atoms with Crippen molar-refractivity contribution in [3.63, 3.8) is 0 Å². The van der Waals surface area contributed by atoms with E-state index >= 15 is 0 Å². The van der Waals surface area contributed by atoms with E-state index in [4.69, 9.17) is 28.7 Å². The highest BCUT2D eigenvalue weighted by atomic mass is 35.5. The summed E-state index contributed by atoms with van der Waals surface area (Å²) in [4.78, 5) is 3.82. The van der Waals surface area contributed by atoms with Crippen LogP contribution in [0.15, 0.2) is 52.5 Å². The van der Waals surface area contributed by atoms with Crippen LogP contribution >= 0.6 is 35.0 Å². The first-order chi connectivity index (χ1) is 9.19. The number of rotatable bonds is 4. The van der Waals surface area contributed by atoms with Crippen molar-refractivity contribution < 1.29 is 0 Å². The van der Waals surface area contributed by atoms with Gasteiger partial charge in [0.1, 0.15) is 0 Å². The molecule has 0 fully saturated rings. The molecule has 0 heterocycles. The van der Waals surface area contributed by atoms with Crippen LogP contribution in [0.2, 0.25) is 10.0 Å². The average molecular weight is 310 g/mol. The molecule has 0 spiro atoms. The molecule has 0 aliphatic carbocycles. The molecular weight excluding hydrogens is 301 g/mol. The molecule has 0 saturated heterocycles. The summed E-state index contributed by atoms with van der Waals surface area (Å²) in [5.41, 5.74) is 9.97. The van der Waals surface area contributed by atoms with E-state index < -0.39 is 0 Å². The normalized spacial score (nSPS) is 10.0. The maximum absolute atomic E-state index is 8.32. The van der Waals surface area contributed by atoms with E-state index in [9.17, 15) is 0 Å². The highest BCUT2D eigenvalue weighted by Crippen LogP contribution is 2.29. The monoisotopic (exact) mass is 309 g/mol. The van der Waals surface area contributed by atoms with Crippen molar-refractivity contribution in [2.45, 2.75) is 10.6 Å². The van der Waals surface area contributed by atoms with Crippen LogP contribution in [-0.4, -0.2) is 0 Å². The number of thioether (sulfide) groups is 1. The van der Waals surface area contributed by atoms with Crippen LogP contribution in [0.1, 0.15) is 5.56 Å². The van der Waals surface area contributed by atoms with Crippen molar-refractivity contribution in [1.29, 1.82) is 0 Å². The minimum atomic E-state index is 0.608. The zero-order chi connectivity index (χ0) is 13.7. The second-order valence-corrected chi connectivity index (χ2v) is 5.60. The molecule has 2 aromatic carbocycles. The Balaban J connectivity index is 2.03. The molecule has 19 heavy (non-hydrogen) atoms. The van der Waals surface area contributed by atoms with Crippen LogP contribution in [0.25, 0.3) is 10.4 Å². The smallest absolute Gasteiger partial charge is 0.0461 e. The highest BCUT2D eigenvalue weighted by Gasteiger charge is 2.02. The van der Waals surface area contributed by atoms with Gasteiger partial charge in [0.15, 0.2) is 0 Å². The minimum absolute atomic E-state index is 0.608. The maximum atomic E-state index is 8.32. The van der Waals surface area contributed by atoms with Gasteiger partial charge < -0.3 is 0 Å². The van der Waals surface area contributed by atoms with Gasteiger partial charge in [-0.15, -0.1) is 11.8 Å². The molecule has 0 bridgehead atoms. The predicted octanol–water partition coefficient (Wildman–Crippen LogP) is 6.23. The number of nitrogens with zero attached hydrogens (tertiary/aromatic N) is 3. The minimum Gasteiger partial charge on any atom is -0.121 e. The molecule has 0 aliphatic rings. The van der Waals surface area contributed by atoms with E-state index in [1.54, 1.807) is 30.0 Å². The Morgan fingerprint density at radius 3 is 2.47 bits per heavy atom. The Morgan fingerprint density at radius 1 is 1.11 bits per heavy atom. The highest BCUT2D eigenvalue weighted by molar-refractivity contribution is 7.98. The summed E-state index contributed by atoms with van der Waals surface area (Å²) in [7, 11) is 0. The van der Waals surface area contributed by atoms with E-state index in [1.807, 2.05) is 24.3 Å². The molecule has 0 radical (unpaired) electrons. The molecule has 0 N–H and O–H groups in total. The van der Waals surface area contributed by atoms with E-state index in [2.05, 4.69) is 10.0 Å². The fraction of sp³-hybridized carbons (Fsp3) is 0.0769. The zero-order valence-corrected chi connectivity index (χ0v) is 12.1. The van der Waals surface area contributed by atoms with E-state index in [1.165, 1.54) is 0 Å². The summed E-state index contributed by atoms with van der Waals surface area (Å²) in [6.45, 7) is 0. The van der Waals surface area contributed by atoms with Gasteiger partial charge in [-0.2, -0.15) is 0 Å². The van der Waals surface area contributed by atoms with Crippen molar-refractivity contribution in [3.8, 4) is 0 Å². The third-order valence-electron chi connectivity index (χ3n) is 2.41. The van der Waals surface area contributed by atoms with Crippen LogP contribution in [0, 0.1) is 0 Å². The van der Waals surface area contributed by atoms with Crippen LogP contribution < -0.4 is 0 Å². The molecule has 0 atom stereocenters. The molecule has 0 amide bonds. The van der Waals surface area contributed by atoms with Crippen LogP contribution in [0.3, 0.4) is 0 Å². The van der Waals surface area contributed by atoms with Gasteiger partial charge in [-0.25, -0.2) is 0 Å². The van der Waals surface area contributed by atoms with Gasteiger partial charge in [0.25, 0.3) is 0 Å². The summed E-state index contributed by atoms with van der Waals surface area (Å²) in [6, 6.07) is 12.9. The van der Waals surface area contributed by atoms with Crippen LogP contribution in [0.5, 0.6) is 0 Å².